The predicted molar refractivity (Wildman–Crippen MR) is 111 cm³/mol. The standard InChI is InChI=1S/C23H27N3O2/c1-16(2)22-21(14-24-26(22)19-10-6-17(3)7-11-19)23(27)25(4)15-18-8-12-20(28-5)13-9-18/h6-14,16H,15H2,1-5H3. The third-order valence-electron chi connectivity index (χ3n) is 4.79. The number of aromatic nitrogens is 2. The maximum Gasteiger partial charge on any atom is 0.257 e. The third kappa shape index (κ3) is 4.09. The van der Waals surface area contributed by atoms with Crippen molar-refractivity contribution in [2.75, 3.05) is 14.2 Å². The highest BCUT2D eigenvalue weighted by Gasteiger charge is 2.23. The van der Waals surface area contributed by atoms with Gasteiger partial charge in [-0.2, -0.15) is 5.10 Å². The molecule has 0 atom stereocenters. The monoisotopic (exact) mass is 377 g/mol. The van der Waals surface area contributed by atoms with Crippen LogP contribution in [-0.2, 0) is 6.54 Å². The third-order valence-corrected chi connectivity index (χ3v) is 4.79. The molecule has 1 aromatic heterocycles. The number of carbonyl (C=O) groups is 1. The summed E-state index contributed by atoms with van der Waals surface area (Å²) >= 11 is 0. The zero-order valence-corrected chi connectivity index (χ0v) is 17.1. The van der Waals surface area contributed by atoms with Crippen LogP contribution in [0, 0.1) is 6.92 Å². The van der Waals surface area contributed by atoms with Gasteiger partial charge in [0.25, 0.3) is 5.91 Å². The SMILES string of the molecule is COc1ccc(CN(C)C(=O)c2cnn(-c3ccc(C)cc3)c2C(C)C)cc1. The number of hydrogen-bond acceptors (Lipinski definition) is 3. The summed E-state index contributed by atoms with van der Waals surface area (Å²) in [6.07, 6.45) is 1.68. The number of carbonyl (C=O) groups excluding carboxylic acids is 1. The van der Waals surface area contributed by atoms with Crippen molar-refractivity contribution in [3.63, 3.8) is 0 Å². The molecule has 0 unspecified atom stereocenters. The Bertz CT molecular complexity index is 941. The lowest BCUT2D eigenvalue weighted by Crippen LogP contribution is -2.27. The molecule has 1 heterocycles. The van der Waals surface area contributed by atoms with Gasteiger partial charge in [0.1, 0.15) is 5.75 Å². The lowest BCUT2D eigenvalue weighted by atomic mass is 10.0. The second-order valence-corrected chi connectivity index (χ2v) is 7.35. The first-order valence-corrected chi connectivity index (χ1v) is 9.44. The van der Waals surface area contributed by atoms with Gasteiger partial charge < -0.3 is 9.64 Å². The maximum absolute atomic E-state index is 13.1. The van der Waals surface area contributed by atoms with Gasteiger partial charge in [-0.1, -0.05) is 43.7 Å². The lowest BCUT2D eigenvalue weighted by Gasteiger charge is -2.19. The first kappa shape index (κ1) is 19.7. The molecule has 2 aromatic carbocycles. The Labute approximate surface area is 166 Å². The Balaban J connectivity index is 1.87. The van der Waals surface area contributed by atoms with Gasteiger partial charge in [-0.15, -0.1) is 0 Å². The van der Waals surface area contributed by atoms with E-state index in [-0.39, 0.29) is 11.8 Å². The molecule has 0 aliphatic carbocycles. The van der Waals surface area contributed by atoms with Crippen molar-refractivity contribution in [2.45, 2.75) is 33.2 Å². The minimum atomic E-state index is -0.0297. The zero-order chi connectivity index (χ0) is 20.3. The molecule has 0 fully saturated rings. The van der Waals surface area contributed by atoms with Crippen LogP contribution >= 0.6 is 0 Å². The molecule has 28 heavy (non-hydrogen) atoms. The molecule has 0 saturated carbocycles. The molecule has 5 heteroatoms. The fourth-order valence-corrected chi connectivity index (χ4v) is 3.25. The van der Waals surface area contributed by atoms with Crippen LogP contribution in [-0.4, -0.2) is 34.7 Å². The van der Waals surface area contributed by atoms with E-state index < -0.39 is 0 Å². The van der Waals surface area contributed by atoms with Crippen LogP contribution in [0.4, 0.5) is 0 Å². The van der Waals surface area contributed by atoms with E-state index in [1.54, 1.807) is 18.2 Å². The molecule has 0 radical (unpaired) electrons. The molecule has 3 rings (SSSR count). The minimum absolute atomic E-state index is 0.0297. The van der Waals surface area contributed by atoms with Crippen LogP contribution in [0.15, 0.2) is 54.7 Å². The molecular formula is C23H27N3O2. The van der Waals surface area contributed by atoms with Crippen LogP contribution < -0.4 is 4.74 Å². The maximum atomic E-state index is 13.1. The second-order valence-electron chi connectivity index (χ2n) is 7.35. The van der Waals surface area contributed by atoms with E-state index >= 15 is 0 Å². The molecule has 1 amide bonds. The molecular weight excluding hydrogens is 350 g/mol. The Morgan fingerprint density at radius 3 is 2.32 bits per heavy atom. The molecule has 146 valence electrons. The number of rotatable bonds is 6. The van der Waals surface area contributed by atoms with Crippen LogP contribution in [0.3, 0.4) is 0 Å². The van der Waals surface area contributed by atoms with Crippen LogP contribution in [0.2, 0.25) is 0 Å². The molecule has 0 aliphatic heterocycles. The summed E-state index contributed by atoms with van der Waals surface area (Å²) in [6.45, 7) is 6.75. The summed E-state index contributed by atoms with van der Waals surface area (Å²) in [5, 5.41) is 4.52. The van der Waals surface area contributed by atoms with E-state index in [2.05, 4.69) is 38.0 Å². The van der Waals surface area contributed by atoms with E-state index in [9.17, 15) is 4.79 Å². The minimum Gasteiger partial charge on any atom is -0.497 e. The summed E-state index contributed by atoms with van der Waals surface area (Å²) in [4.78, 5) is 14.9. The van der Waals surface area contributed by atoms with Crippen LogP contribution in [0.5, 0.6) is 5.75 Å². The second kappa shape index (κ2) is 8.30. The van der Waals surface area contributed by atoms with Crippen LogP contribution in [0.25, 0.3) is 5.69 Å². The first-order chi connectivity index (χ1) is 13.4. The average Bonchev–Trinajstić information content (AvgIpc) is 3.14. The fourth-order valence-electron chi connectivity index (χ4n) is 3.25. The highest BCUT2D eigenvalue weighted by Crippen LogP contribution is 2.25. The van der Waals surface area contributed by atoms with Crippen molar-refractivity contribution in [1.82, 2.24) is 14.7 Å². The molecule has 3 aromatic rings. The van der Waals surface area contributed by atoms with Gasteiger partial charge >= 0.3 is 0 Å². The van der Waals surface area contributed by atoms with Crippen molar-refractivity contribution in [1.29, 1.82) is 0 Å². The number of nitrogens with zero attached hydrogens (tertiary/aromatic N) is 3. The number of hydrogen-bond donors (Lipinski definition) is 0. The fraction of sp³-hybridized carbons (Fsp3) is 0.304. The largest absolute Gasteiger partial charge is 0.497 e. The molecule has 0 bridgehead atoms. The van der Waals surface area contributed by atoms with Crippen molar-refractivity contribution < 1.29 is 9.53 Å². The molecule has 0 spiro atoms. The Hall–Kier alpha value is -3.08. The zero-order valence-electron chi connectivity index (χ0n) is 17.1. The van der Waals surface area contributed by atoms with E-state index in [0.717, 1.165) is 22.7 Å². The predicted octanol–water partition coefficient (Wildman–Crippen LogP) is 4.58. The van der Waals surface area contributed by atoms with Gasteiger partial charge in [-0.3, -0.25) is 4.79 Å². The van der Waals surface area contributed by atoms with E-state index in [1.807, 2.05) is 48.1 Å². The smallest absolute Gasteiger partial charge is 0.257 e. The van der Waals surface area contributed by atoms with E-state index in [0.29, 0.717) is 12.1 Å². The highest BCUT2D eigenvalue weighted by atomic mass is 16.5. The van der Waals surface area contributed by atoms with Gasteiger partial charge in [0.05, 0.1) is 30.3 Å². The van der Waals surface area contributed by atoms with Gasteiger partial charge in [0.15, 0.2) is 0 Å². The molecule has 0 saturated heterocycles. The number of amides is 1. The van der Waals surface area contributed by atoms with Crippen LogP contribution in [0.1, 0.15) is 46.9 Å². The number of benzene rings is 2. The Morgan fingerprint density at radius 2 is 1.75 bits per heavy atom. The summed E-state index contributed by atoms with van der Waals surface area (Å²) in [7, 11) is 3.46. The van der Waals surface area contributed by atoms with Gasteiger partial charge in [0, 0.05) is 13.6 Å². The highest BCUT2D eigenvalue weighted by molar-refractivity contribution is 5.95. The van der Waals surface area contributed by atoms with Crippen molar-refractivity contribution in [3.05, 3.63) is 77.1 Å². The molecule has 0 N–H and O–H groups in total. The molecule has 5 nitrogen and oxygen atoms in total. The average molecular weight is 377 g/mol. The number of aryl methyl sites for hydroxylation is 1. The summed E-state index contributed by atoms with van der Waals surface area (Å²) < 4.78 is 7.07. The Morgan fingerprint density at radius 1 is 1.11 bits per heavy atom. The lowest BCUT2D eigenvalue weighted by molar-refractivity contribution is 0.0783. The van der Waals surface area contributed by atoms with E-state index in [4.69, 9.17) is 4.74 Å². The van der Waals surface area contributed by atoms with E-state index in [1.165, 1.54) is 5.56 Å². The van der Waals surface area contributed by atoms with Gasteiger partial charge in [0.2, 0.25) is 0 Å². The number of ether oxygens (including phenoxy) is 1. The summed E-state index contributed by atoms with van der Waals surface area (Å²) in [6, 6.07) is 15.9. The molecule has 0 aliphatic rings. The van der Waals surface area contributed by atoms with Crippen molar-refractivity contribution in [3.8, 4) is 11.4 Å². The quantitative estimate of drug-likeness (QED) is 0.631. The normalized spacial score (nSPS) is 10.9. The van der Waals surface area contributed by atoms with Crippen molar-refractivity contribution in [2.24, 2.45) is 0 Å². The first-order valence-electron chi connectivity index (χ1n) is 9.44. The number of methoxy groups -OCH3 is 1. The topological polar surface area (TPSA) is 47.4 Å². The van der Waals surface area contributed by atoms with Gasteiger partial charge in [-0.05, 0) is 42.7 Å². The van der Waals surface area contributed by atoms with Gasteiger partial charge in [-0.25, -0.2) is 4.68 Å². The summed E-state index contributed by atoms with van der Waals surface area (Å²) in [5.41, 5.74) is 4.78. The van der Waals surface area contributed by atoms with Crippen molar-refractivity contribution >= 4 is 5.91 Å². The summed E-state index contributed by atoms with van der Waals surface area (Å²) in [5.74, 6) is 0.939. The Kier molecular flexibility index (Phi) is 5.83.